The van der Waals surface area contributed by atoms with E-state index >= 15 is 0 Å². The highest BCUT2D eigenvalue weighted by atomic mass is 19.1. The van der Waals surface area contributed by atoms with E-state index in [2.05, 4.69) is 47.8 Å². The Balaban J connectivity index is 0.000000252. The second-order valence-electron chi connectivity index (χ2n) is 14.4. The number of aryl methyl sites for hydroxylation is 1. The molecular formula is C44H52FN11O12. The number of imidazole rings is 2. The molecule has 0 saturated carbocycles. The second-order valence-corrected chi connectivity index (χ2v) is 14.4. The maximum absolute atomic E-state index is 12.5. The molecule has 362 valence electrons. The van der Waals surface area contributed by atoms with Crippen LogP contribution in [0.5, 0.6) is 12.0 Å². The van der Waals surface area contributed by atoms with E-state index in [9.17, 15) is 33.2 Å². The Morgan fingerprint density at radius 1 is 0.794 bits per heavy atom. The molecule has 5 heterocycles. The molecule has 1 fully saturated rings. The molecule has 4 aromatic heterocycles. The van der Waals surface area contributed by atoms with Crippen LogP contribution in [0, 0.1) is 0 Å². The minimum absolute atomic E-state index is 0.0513. The molecule has 0 amide bonds. The van der Waals surface area contributed by atoms with Crippen LogP contribution in [-0.2, 0) is 59.4 Å². The largest absolute Gasteiger partial charge is 0.478 e. The van der Waals surface area contributed by atoms with Gasteiger partial charge in [-0.2, -0.15) is 19.9 Å². The summed E-state index contributed by atoms with van der Waals surface area (Å²) < 4.78 is 43.2. The van der Waals surface area contributed by atoms with Crippen molar-refractivity contribution in [2.75, 3.05) is 59.3 Å². The highest BCUT2D eigenvalue weighted by Crippen LogP contribution is 2.21. The number of hydrogen-bond donors (Lipinski definition) is 6. The number of carboxylic acids is 1. The Kier molecular flexibility index (Phi) is 19.1. The van der Waals surface area contributed by atoms with Gasteiger partial charge < -0.3 is 56.0 Å². The van der Waals surface area contributed by atoms with Gasteiger partial charge in [0.15, 0.2) is 22.9 Å². The number of aromatic nitrogens is 8. The number of fused-ring (bicyclic) bond motifs is 2. The van der Waals surface area contributed by atoms with Gasteiger partial charge in [-0.15, -0.1) is 0 Å². The molecule has 1 aliphatic rings. The van der Waals surface area contributed by atoms with Crippen molar-refractivity contribution < 1.29 is 53.7 Å². The molecule has 23 nitrogen and oxygen atoms in total. The molecule has 0 aliphatic carbocycles. The Morgan fingerprint density at radius 2 is 1.24 bits per heavy atom. The number of carboxylic acid groups (broad SMARTS) is 1. The zero-order valence-corrected chi connectivity index (χ0v) is 37.2. The van der Waals surface area contributed by atoms with Crippen molar-refractivity contribution in [2.24, 2.45) is 5.73 Å². The summed E-state index contributed by atoms with van der Waals surface area (Å²) in [6.45, 7) is 9.00. The first-order chi connectivity index (χ1) is 33.0. The number of benzene rings is 2. The van der Waals surface area contributed by atoms with Crippen molar-refractivity contribution in [3.05, 3.63) is 116 Å². The summed E-state index contributed by atoms with van der Waals surface area (Å²) in [4.78, 5) is 89.9. The molecule has 24 heteroatoms. The van der Waals surface area contributed by atoms with Crippen molar-refractivity contribution in [1.82, 2.24) is 39.0 Å². The first-order valence-electron chi connectivity index (χ1n) is 21.0. The van der Waals surface area contributed by atoms with Gasteiger partial charge in [0.1, 0.15) is 30.0 Å². The van der Waals surface area contributed by atoms with Crippen LogP contribution >= 0.6 is 0 Å². The number of aliphatic carboxylic acids is 1. The summed E-state index contributed by atoms with van der Waals surface area (Å²) in [7, 11) is 2.12. The minimum atomic E-state index is -1.17. The monoisotopic (exact) mass is 946 g/mol. The van der Waals surface area contributed by atoms with E-state index in [-0.39, 0.29) is 91.0 Å². The van der Waals surface area contributed by atoms with Gasteiger partial charge in [-0.1, -0.05) is 61.7 Å². The van der Waals surface area contributed by atoms with Gasteiger partial charge in [0, 0.05) is 44.8 Å². The second kappa shape index (κ2) is 25.6. The standard InChI is InChI=1S/C22H25N5O6.C16H20N6O3.C5H4O3.CH3F/c1-13(20(29)30)11-16(28)8-7-14-3-5-15(6-4-14)12-27-19-17(24-22(27)31)18(23)25-21(26-19)33-10-9-32-2;1-24-6-7-25-15-20-13(18)12-14(21-15)22(16(23)19-12)9-11-4-2-10(8-17)3-5-11;1-3-2-4(6)8-5(3)7;1-2/h3-6H,1,7-12H2,2H3,(H,24,31)(H,29,30)(H2,23,25,26);2-5H,6-9,17H2,1H3,(H,19,23)(H2,18,20,21);1-2H2;1H3/i;;;1D. The quantitative estimate of drug-likeness (QED) is 0.0293. The third-order valence-corrected chi connectivity index (χ3v) is 9.52. The van der Waals surface area contributed by atoms with Gasteiger partial charge in [0.2, 0.25) is 0 Å². The molecule has 6 aromatic rings. The van der Waals surface area contributed by atoms with Crippen LogP contribution in [0.4, 0.5) is 16.0 Å². The topological polar surface area (TPSA) is 340 Å². The molecule has 0 atom stereocenters. The number of carbonyl (C=O) groups is 4. The lowest BCUT2D eigenvalue weighted by Gasteiger charge is -2.08. The summed E-state index contributed by atoms with van der Waals surface area (Å²) in [6, 6.07) is 15.3. The highest BCUT2D eigenvalue weighted by molar-refractivity contribution is 6.05. The smallest absolute Gasteiger partial charge is 0.341 e. The van der Waals surface area contributed by atoms with E-state index in [1.807, 2.05) is 48.5 Å². The number of cyclic esters (lactones) is 2. The SMILES string of the molecule is C=C(CC(=O)CCc1ccc(Cn2c(=O)[nH]c3c(N)nc(OCCOC)nc32)cc1)C(=O)O.C=C1CC(=O)OC1=O.COCCOc1nc(N)c2[nH]c(=O)n(Cc3ccc(CN)cc3)c2n1.[2H]CF. The molecule has 0 unspecified atom stereocenters. The Hall–Kier alpha value is -8.09. The number of ether oxygens (including phenoxy) is 5. The van der Waals surface area contributed by atoms with Crippen molar-refractivity contribution >= 4 is 57.7 Å². The van der Waals surface area contributed by atoms with E-state index in [0.29, 0.717) is 55.1 Å². The van der Waals surface area contributed by atoms with E-state index in [0.717, 1.165) is 22.3 Å². The third kappa shape index (κ3) is 14.7. The third-order valence-electron chi connectivity index (χ3n) is 9.52. The van der Waals surface area contributed by atoms with Crippen molar-refractivity contribution in [2.45, 2.75) is 45.3 Å². The summed E-state index contributed by atoms with van der Waals surface area (Å²) in [5, 5.41) is 8.81. The fourth-order valence-electron chi connectivity index (χ4n) is 6.02. The van der Waals surface area contributed by atoms with Gasteiger partial charge in [0.25, 0.3) is 0 Å². The molecule has 0 bridgehead atoms. The number of nitrogens with two attached hydrogens (primary N) is 3. The number of H-pyrrole nitrogens is 2. The summed E-state index contributed by atoms with van der Waals surface area (Å²) in [5.74, 6) is -2.17. The number of anilines is 2. The zero-order valence-electron chi connectivity index (χ0n) is 38.2. The molecule has 1 saturated heterocycles. The average Bonchev–Trinajstić information content (AvgIpc) is 3.92. The molecule has 9 N–H and O–H groups in total. The number of esters is 2. The maximum atomic E-state index is 12.5. The lowest BCUT2D eigenvalue weighted by molar-refractivity contribution is -0.151. The predicted octanol–water partition coefficient (Wildman–Crippen LogP) is 2.14. The molecular weight excluding hydrogens is 894 g/mol. The van der Waals surface area contributed by atoms with E-state index in [1.165, 1.54) is 9.13 Å². The Bertz CT molecular complexity index is 2860. The first kappa shape index (κ1) is 50.9. The molecule has 0 radical (unpaired) electrons. The lowest BCUT2D eigenvalue weighted by atomic mass is 10.0. The average molecular weight is 947 g/mol. The van der Waals surface area contributed by atoms with E-state index in [1.54, 1.807) is 14.2 Å². The number of halogens is 1. The Labute approximate surface area is 388 Å². The predicted molar refractivity (Wildman–Crippen MR) is 245 cm³/mol. The Morgan fingerprint density at radius 3 is 1.60 bits per heavy atom. The van der Waals surface area contributed by atoms with Crippen molar-refractivity contribution in [3.8, 4) is 12.0 Å². The van der Waals surface area contributed by atoms with Crippen LogP contribution in [-0.4, -0.2) is 116 Å². The number of ketones is 1. The summed E-state index contributed by atoms with van der Waals surface area (Å²) >= 11 is 0. The van der Waals surface area contributed by atoms with Gasteiger partial charge in [-0.25, -0.2) is 19.2 Å². The van der Waals surface area contributed by atoms with Gasteiger partial charge in [-0.05, 0) is 28.7 Å². The van der Waals surface area contributed by atoms with Gasteiger partial charge in [-0.3, -0.25) is 23.1 Å². The fourth-order valence-corrected chi connectivity index (χ4v) is 6.02. The number of aromatic amines is 2. The fraction of sp³-hybridized carbons (Fsp3) is 0.318. The maximum Gasteiger partial charge on any atom is 0.341 e. The number of rotatable bonds is 19. The number of hydrogen-bond acceptors (Lipinski definition) is 18. The first-order valence-corrected chi connectivity index (χ1v) is 20.3. The zero-order chi connectivity index (χ0) is 50.6. The van der Waals surface area contributed by atoms with Crippen molar-refractivity contribution in [3.63, 3.8) is 0 Å². The van der Waals surface area contributed by atoms with Crippen LogP contribution in [0.1, 0.15) is 42.9 Å². The minimum Gasteiger partial charge on any atom is -0.478 e. The summed E-state index contributed by atoms with van der Waals surface area (Å²) in [5.41, 5.74) is 22.1. The van der Waals surface area contributed by atoms with E-state index in [4.69, 9.17) is 42.6 Å². The molecule has 68 heavy (non-hydrogen) atoms. The van der Waals surface area contributed by atoms with Crippen LogP contribution in [0.3, 0.4) is 0 Å². The number of carbonyl (C=O) groups excluding carboxylic acids is 3. The number of alkyl halides is 1. The number of nitrogens with zero attached hydrogens (tertiary/aromatic N) is 6. The molecule has 1 aliphatic heterocycles. The lowest BCUT2D eigenvalue weighted by Crippen LogP contribution is -2.18. The van der Waals surface area contributed by atoms with Crippen LogP contribution < -0.4 is 38.1 Å². The summed E-state index contributed by atoms with van der Waals surface area (Å²) in [6.07, 6.45) is 0.582. The molecule has 7 rings (SSSR count). The van der Waals surface area contributed by atoms with Crippen LogP contribution in [0.25, 0.3) is 22.3 Å². The van der Waals surface area contributed by atoms with Gasteiger partial charge in [0.05, 0.1) is 41.2 Å². The van der Waals surface area contributed by atoms with Crippen LogP contribution in [0.15, 0.2) is 82.4 Å². The number of nitrogens with one attached hydrogen (secondary N) is 2. The normalized spacial score (nSPS) is 11.9. The van der Waals surface area contributed by atoms with Gasteiger partial charge >= 0.3 is 41.3 Å². The molecule has 0 spiro atoms. The van der Waals surface area contributed by atoms with Crippen molar-refractivity contribution in [1.29, 1.82) is 0 Å². The van der Waals surface area contributed by atoms with Crippen LogP contribution in [0.2, 0.25) is 0 Å². The number of Topliss-reactive ketones (excluding diaryl/α,β-unsaturated/α-hetero) is 1. The number of methoxy groups -OCH3 is 2. The van der Waals surface area contributed by atoms with E-state index < -0.39 is 25.1 Å². The molecule has 2 aromatic carbocycles. The number of nitrogen functional groups attached to an aromatic ring is 2. The highest BCUT2D eigenvalue weighted by Gasteiger charge is 2.24.